The predicted octanol–water partition coefficient (Wildman–Crippen LogP) is 1.08. The zero-order chi connectivity index (χ0) is 6.04. The number of hydrogen-bond donors (Lipinski definition) is 0. The summed E-state index contributed by atoms with van der Waals surface area (Å²) < 4.78 is 0. The van der Waals surface area contributed by atoms with Gasteiger partial charge in [-0.2, -0.15) is 0 Å². The predicted molar refractivity (Wildman–Crippen MR) is 35.4 cm³/mol. The molecule has 1 aliphatic heterocycles. The molecule has 1 heterocycles. The van der Waals surface area contributed by atoms with Crippen molar-refractivity contribution in [2.75, 3.05) is 0 Å². The molecule has 8 heavy (non-hydrogen) atoms. The van der Waals surface area contributed by atoms with Gasteiger partial charge < -0.3 is 0 Å². The zero-order valence-corrected chi connectivity index (χ0v) is 4.96. The van der Waals surface area contributed by atoms with Gasteiger partial charge in [-0.3, -0.25) is 9.98 Å². The molecular formula is C6H9N2. The van der Waals surface area contributed by atoms with Gasteiger partial charge in [0.05, 0.1) is 0 Å². The molecule has 0 N–H and O–H groups in total. The monoisotopic (exact) mass is 109 g/mol. The van der Waals surface area contributed by atoms with E-state index in [4.69, 9.17) is 0 Å². The molecule has 2 heteroatoms. The molecule has 43 valence electrons. The van der Waals surface area contributed by atoms with E-state index in [1.54, 1.807) is 12.4 Å². The maximum absolute atomic E-state index is 4.08. The smallest absolute Gasteiger partial charge is 0.147 e. The van der Waals surface area contributed by atoms with Crippen molar-refractivity contribution in [3.05, 3.63) is 6.92 Å². The molecule has 0 atom stereocenters. The van der Waals surface area contributed by atoms with Crippen LogP contribution in [0.15, 0.2) is 9.98 Å². The van der Waals surface area contributed by atoms with Crippen LogP contribution in [-0.2, 0) is 0 Å². The largest absolute Gasteiger partial charge is 0.262 e. The van der Waals surface area contributed by atoms with Crippen LogP contribution >= 0.6 is 0 Å². The van der Waals surface area contributed by atoms with Crippen molar-refractivity contribution in [3.63, 3.8) is 0 Å². The van der Waals surface area contributed by atoms with Crippen molar-refractivity contribution in [2.45, 2.75) is 19.0 Å². The summed E-state index contributed by atoms with van der Waals surface area (Å²) in [6, 6.07) is 0. The van der Waals surface area contributed by atoms with Gasteiger partial charge in [0, 0.05) is 12.4 Å². The van der Waals surface area contributed by atoms with Gasteiger partial charge in [0.25, 0.3) is 0 Å². The Bertz CT molecular complexity index is 123. The van der Waals surface area contributed by atoms with Crippen LogP contribution < -0.4 is 0 Å². The second kappa shape index (κ2) is 1.69. The summed E-state index contributed by atoms with van der Waals surface area (Å²) in [7, 11) is 0. The molecule has 0 saturated carbocycles. The number of nitrogens with zero attached hydrogens (tertiary/aromatic N) is 2. The first-order valence-corrected chi connectivity index (χ1v) is 2.65. The molecule has 1 radical (unpaired) electrons. The van der Waals surface area contributed by atoms with Gasteiger partial charge >= 0.3 is 0 Å². The molecule has 0 aliphatic carbocycles. The van der Waals surface area contributed by atoms with Crippen LogP contribution in [0.1, 0.15) is 13.3 Å². The Morgan fingerprint density at radius 1 is 1.50 bits per heavy atom. The van der Waals surface area contributed by atoms with E-state index in [1.807, 2.05) is 6.92 Å². The minimum Gasteiger partial charge on any atom is -0.262 e. The first kappa shape index (κ1) is 5.48. The second-order valence-corrected chi connectivity index (χ2v) is 2.02. The summed E-state index contributed by atoms with van der Waals surface area (Å²) in [6.07, 6.45) is 4.16. The first-order chi connectivity index (χ1) is 3.77. The number of rotatable bonds is 1. The summed E-state index contributed by atoms with van der Waals surface area (Å²) in [5.41, 5.74) is -0.236. The quantitative estimate of drug-likeness (QED) is 0.481. The van der Waals surface area contributed by atoms with Crippen LogP contribution in [0, 0.1) is 6.92 Å². The zero-order valence-electron chi connectivity index (χ0n) is 4.96. The van der Waals surface area contributed by atoms with Crippen LogP contribution in [0.4, 0.5) is 0 Å². The normalized spacial score (nSPS) is 22.2. The highest BCUT2D eigenvalue weighted by molar-refractivity contribution is 6.17. The maximum Gasteiger partial charge on any atom is 0.147 e. The Morgan fingerprint density at radius 2 is 2.00 bits per heavy atom. The molecule has 2 nitrogen and oxygen atoms in total. The van der Waals surface area contributed by atoms with Gasteiger partial charge in [-0.1, -0.05) is 0 Å². The van der Waals surface area contributed by atoms with Crippen molar-refractivity contribution in [2.24, 2.45) is 9.98 Å². The maximum atomic E-state index is 4.08. The molecule has 0 aromatic heterocycles. The van der Waals surface area contributed by atoms with E-state index in [0.717, 1.165) is 6.42 Å². The summed E-state index contributed by atoms with van der Waals surface area (Å²) in [5, 5.41) is 0. The Balaban J connectivity index is 2.69. The third-order valence-corrected chi connectivity index (χ3v) is 1.25. The summed E-state index contributed by atoms with van der Waals surface area (Å²) in [5.74, 6) is 0. The van der Waals surface area contributed by atoms with E-state index in [1.165, 1.54) is 0 Å². The fourth-order valence-corrected chi connectivity index (χ4v) is 0.550. The minimum atomic E-state index is -0.236. The third-order valence-electron chi connectivity index (χ3n) is 1.25. The van der Waals surface area contributed by atoms with Crippen LogP contribution in [0.25, 0.3) is 0 Å². The van der Waals surface area contributed by atoms with E-state index in [9.17, 15) is 0 Å². The van der Waals surface area contributed by atoms with Crippen molar-refractivity contribution in [1.29, 1.82) is 0 Å². The lowest BCUT2D eigenvalue weighted by molar-refractivity contribution is 0.516. The van der Waals surface area contributed by atoms with Crippen LogP contribution in [0.3, 0.4) is 0 Å². The van der Waals surface area contributed by atoms with Crippen LogP contribution in [-0.4, -0.2) is 18.1 Å². The Morgan fingerprint density at radius 3 is 2.25 bits per heavy atom. The van der Waals surface area contributed by atoms with Crippen molar-refractivity contribution < 1.29 is 0 Å². The Labute approximate surface area is 49.3 Å². The van der Waals surface area contributed by atoms with Gasteiger partial charge in [-0.25, -0.2) is 0 Å². The van der Waals surface area contributed by atoms with Crippen LogP contribution in [0.2, 0.25) is 0 Å². The minimum absolute atomic E-state index is 0.236. The van der Waals surface area contributed by atoms with E-state index in [-0.39, 0.29) is 5.66 Å². The van der Waals surface area contributed by atoms with Gasteiger partial charge in [-0.05, 0) is 20.3 Å². The number of hydrogen-bond acceptors (Lipinski definition) is 2. The fraction of sp³-hybridized carbons (Fsp3) is 0.500. The summed E-state index contributed by atoms with van der Waals surface area (Å²) in [4.78, 5) is 8.15. The molecule has 0 saturated heterocycles. The molecule has 0 amide bonds. The van der Waals surface area contributed by atoms with Crippen molar-refractivity contribution in [1.82, 2.24) is 0 Å². The second-order valence-electron chi connectivity index (χ2n) is 2.02. The van der Waals surface area contributed by atoms with Gasteiger partial charge in [0.2, 0.25) is 0 Å². The standard InChI is InChI=1S/C6H9N2/c1-3-6(2)7-4-5-8-6/h4-5H,1,3H2,2H3. The number of aliphatic imine (C=N–C) groups is 2. The topological polar surface area (TPSA) is 24.7 Å². The van der Waals surface area contributed by atoms with Crippen molar-refractivity contribution >= 4 is 12.4 Å². The SMILES string of the molecule is [CH2]CC1(C)N=CC=N1. The lowest BCUT2D eigenvalue weighted by atomic mass is 10.2. The third kappa shape index (κ3) is 0.782. The molecule has 0 unspecified atom stereocenters. The highest BCUT2D eigenvalue weighted by Crippen LogP contribution is 2.17. The lowest BCUT2D eigenvalue weighted by Gasteiger charge is -2.12. The fourth-order valence-electron chi connectivity index (χ4n) is 0.550. The average Bonchev–Trinajstić information content (AvgIpc) is 2.17. The Hall–Kier alpha value is -0.660. The highest BCUT2D eigenvalue weighted by Gasteiger charge is 2.18. The molecule has 0 fully saturated rings. The van der Waals surface area contributed by atoms with Crippen LogP contribution in [0.5, 0.6) is 0 Å². The van der Waals surface area contributed by atoms with Gasteiger partial charge in [0.15, 0.2) is 0 Å². The first-order valence-electron chi connectivity index (χ1n) is 2.65. The van der Waals surface area contributed by atoms with E-state index < -0.39 is 0 Å². The van der Waals surface area contributed by atoms with E-state index in [0.29, 0.717) is 0 Å². The van der Waals surface area contributed by atoms with Crippen molar-refractivity contribution in [3.8, 4) is 0 Å². The van der Waals surface area contributed by atoms with Gasteiger partial charge in [0.1, 0.15) is 5.66 Å². The summed E-state index contributed by atoms with van der Waals surface area (Å²) >= 11 is 0. The van der Waals surface area contributed by atoms with E-state index >= 15 is 0 Å². The molecule has 0 bridgehead atoms. The molecule has 1 aliphatic rings. The molecule has 0 aromatic rings. The average molecular weight is 109 g/mol. The molecular weight excluding hydrogens is 100 g/mol. The molecule has 1 rings (SSSR count). The lowest BCUT2D eigenvalue weighted by Crippen LogP contribution is -2.13. The Kier molecular flexibility index (Phi) is 1.16. The molecule has 0 spiro atoms. The van der Waals surface area contributed by atoms with E-state index in [2.05, 4.69) is 16.9 Å². The van der Waals surface area contributed by atoms with Gasteiger partial charge in [-0.15, -0.1) is 0 Å². The molecule has 0 aromatic carbocycles. The highest BCUT2D eigenvalue weighted by atomic mass is 15.1. The summed E-state index contributed by atoms with van der Waals surface area (Å²) in [6.45, 7) is 5.67.